The molecule has 0 saturated heterocycles. The van der Waals surface area contributed by atoms with Crippen molar-refractivity contribution in [2.45, 2.75) is 17.3 Å². The third kappa shape index (κ3) is 6.56. The number of aromatic nitrogens is 4. The molecule has 0 N–H and O–H groups in total. The number of hydrogen-bond acceptors (Lipinski definition) is 4. The van der Waals surface area contributed by atoms with Crippen LogP contribution in [0.25, 0.3) is 72.1 Å². The topological polar surface area (TPSA) is 56.7 Å². The molecule has 0 fully saturated rings. The van der Waals surface area contributed by atoms with E-state index in [0.29, 0.717) is 16.9 Å². The maximum atomic E-state index is 14.9. The molecule has 259 valence electrons. The van der Waals surface area contributed by atoms with Crippen LogP contribution in [-0.4, -0.2) is 32.8 Å². The van der Waals surface area contributed by atoms with Gasteiger partial charge in [-0.15, -0.1) is 12.1 Å². The van der Waals surface area contributed by atoms with Gasteiger partial charge in [-0.2, -0.15) is 13.8 Å². The van der Waals surface area contributed by atoms with Crippen molar-refractivity contribution in [3.05, 3.63) is 151 Å². The number of hydrogen-bond donors (Lipinski definition) is 0. The van der Waals surface area contributed by atoms with E-state index >= 15 is 0 Å². The summed E-state index contributed by atoms with van der Waals surface area (Å²) in [5.74, 6) is 4.65. The molecule has 9 rings (SSSR count). The van der Waals surface area contributed by atoms with Crippen molar-refractivity contribution in [2.24, 2.45) is 0 Å². The van der Waals surface area contributed by atoms with Gasteiger partial charge in [0.2, 0.25) is 5.95 Å². The number of pyridine rings is 2. The van der Waals surface area contributed by atoms with Crippen LogP contribution in [0.1, 0.15) is 0 Å². The summed E-state index contributed by atoms with van der Waals surface area (Å²) in [6.45, 7) is 0. The Labute approximate surface area is 313 Å². The average Bonchev–Trinajstić information content (AvgIpc) is 3.72. The third-order valence-electron chi connectivity index (χ3n) is 8.80. The summed E-state index contributed by atoms with van der Waals surface area (Å²) in [5, 5.41) is 2.03. The summed E-state index contributed by atoms with van der Waals surface area (Å²) in [6, 6.07) is 42.1. The predicted octanol–water partition coefficient (Wildman–Crippen LogP) is 10.4. The van der Waals surface area contributed by atoms with Crippen LogP contribution < -0.4 is 4.40 Å². The number of para-hydroxylation sites is 2. The molecule has 0 unspecified atom stereocenters. The van der Waals surface area contributed by atoms with E-state index in [1.54, 1.807) is 0 Å². The van der Waals surface area contributed by atoms with Crippen LogP contribution >= 0.6 is 0 Å². The molecule has 0 spiro atoms. The molecule has 0 saturated carbocycles. The van der Waals surface area contributed by atoms with Crippen molar-refractivity contribution < 1.29 is 37.7 Å². The first-order valence-corrected chi connectivity index (χ1v) is 23.7. The molecule has 0 amide bonds. The van der Waals surface area contributed by atoms with E-state index in [0.717, 1.165) is 45.4 Å². The predicted molar refractivity (Wildman–Crippen MR) is 199 cm³/mol. The number of rotatable bonds is 4. The number of furan rings is 1. The van der Waals surface area contributed by atoms with Crippen LogP contribution in [0.15, 0.2) is 126 Å². The second-order valence-electron chi connectivity index (χ2n) is 13.2. The Morgan fingerprint density at radius 2 is 1.52 bits per heavy atom. The Bertz CT molecular complexity index is 2720. The van der Waals surface area contributed by atoms with Crippen LogP contribution in [0, 0.1) is 29.8 Å². The van der Waals surface area contributed by atoms with Crippen molar-refractivity contribution in [3.8, 4) is 28.3 Å². The van der Waals surface area contributed by atoms with E-state index in [9.17, 15) is 13.2 Å². The second-order valence-corrected chi connectivity index (χ2v) is 23.8. The molecule has 0 aliphatic heterocycles. The molecule has 5 aromatic carbocycles. The van der Waals surface area contributed by atoms with Gasteiger partial charge in [0.05, 0.1) is 22.4 Å². The average molecular weight is 928 g/mol. The monoisotopic (exact) mass is 929 g/mol. The summed E-state index contributed by atoms with van der Waals surface area (Å²) >= 11 is -1.72. The Kier molecular flexibility index (Phi) is 9.61. The minimum atomic E-state index is -1.72. The Hall–Kier alpha value is -5.09. The summed E-state index contributed by atoms with van der Waals surface area (Å²) in [5.41, 5.74) is 4.44. The van der Waals surface area contributed by atoms with E-state index < -0.39 is 31.0 Å². The first-order chi connectivity index (χ1) is 24.7. The molecule has 4 aromatic heterocycles. The van der Waals surface area contributed by atoms with Gasteiger partial charge in [0.15, 0.2) is 5.58 Å². The molecular formula is C42H29F3GeIrN4O-2. The fraction of sp³-hybridized carbons (Fsp3) is 0.0714. The summed E-state index contributed by atoms with van der Waals surface area (Å²) in [6.07, 6.45) is 2.04. The smallest absolute Gasteiger partial charge is 0 e. The van der Waals surface area contributed by atoms with E-state index in [1.807, 2.05) is 102 Å². The Morgan fingerprint density at radius 3 is 2.27 bits per heavy atom. The van der Waals surface area contributed by atoms with E-state index in [1.165, 1.54) is 4.40 Å². The first kappa shape index (κ1) is 35.3. The van der Waals surface area contributed by atoms with Crippen LogP contribution in [-0.2, 0) is 20.1 Å². The van der Waals surface area contributed by atoms with Gasteiger partial charge < -0.3 is 8.98 Å². The second kappa shape index (κ2) is 14.1. The fourth-order valence-corrected chi connectivity index (χ4v) is 8.38. The molecule has 1 radical (unpaired) electrons. The zero-order chi connectivity index (χ0) is 35.3. The van der Waals surface area contributed by atoms with Crippen molar-refractivity contribution >= 4 is 61.4 Å². The van der Waals surface area contributed by atoms with E-state index in [2.05, 4.69) is 51.5 Å². The first-order valence-electron chi connectivity index (χ1n) is 16.3. The fourth-order valence-electron chi connectivity index (χ4n) is 6.20. The zero-order valence-electron chi connectivity index (χ0n) is 28.2. The minimum Gasteiger partial charge on any atom is 0 e. The maximum absolute atomic E-state index is 14.9. The molecule has 0 aliphatic carbocycles. The normalized spacial score (nSPS) is 11.5. The van der Waals surface area contributed by atoms with Gasteiger partial charge >= 0.3 is 99.8 Å². The number of imidazole rings is 1. The van der Waals surface area contributed by atoms with E-state index in [-0.39, 0.29) is 42.0 Å². The standard InChI is InChI=1S/C28H13F3N3O.C14H16GeN.Ir/c29-20-12-11-18(25-24(20)19-14-23(30)33-27(31)26(19)35-25)28-32-21-7-3-4-8-22(21)34(28)17-10-9-15-5-1-2-6-16(15)13-17;1-15(2,3)13-9-10-14(16-11-13)12-7-5-4-6-8-12;/h1-10,12-14H;4-7,9-11H,1-3H3;/q2*-1;. The minimum absolute atomic E-state index is 0. The maximum Gasteiger partial charge on any atom is 0 e. The van der Waals surface area contributed by atoms with Crippen LogP contribution in [0.4, 0.5) is 13.2 Å². The summed E-state index contributed by atoms with van der Waals surface area (Å²) in [7, 11) is 0. The van der Waals surface area contributed by atoms with Gasteiger partial charge in [-0.1, -0.05) is 48.0 Å². The summed E-state index contributed by atoms with van der Waals surface area (Å²) in [4.78, 5) is 12.5. The molecule has 5 nitrogen and oxygen atoms in total. The summed E-state index contributed by atoms with van der Waals surface area (Å²) < 4.78 is 52.3. The van der Waals surface area contributed by atoms with E-state index in [4.69, 9.17) is 9.40 Å². The molecule has 10 heteroatoms. The Morgan fingerprint density at radius 1 is 0.750 bits per heavy atom. The largest absolute Gasteiger partial charge is 0 e. The number of benzene rings is 5. The number of fused-ring (bicyclic) bond motifs is 5. The molecule has 4 heterocycles. The molecule has 52 heavy (non-hydrogen) atoms. The number of nitrogens with zero attached hydrogens (tertiary/aromatic N) is 4. The quantitative estimate of drug-likeness (QED) is 0.100. The zero-order valence-corrected chi connectivity index (χ0v) is 32.7. The van der Waals surface area contributed by atoms with Gasteiger partial charge in [0, 0.05) is 43.1 Å². The van der Waals surface area contributed by atoms with Crippen molar-refractivity contribution in [2.75, 3.05) is 0 Å². The Balaban J connectivity index is 0.000000209. The van der Waals surface area contributed by atoms with Crippen LogP contribution in [0.5, 0.6) is 0 Å². The van der Waals surface area contributed by atoms with Crippen molar-refractivity contribution in [3.63, 3.8) is 0 Å². The SMILES string of the molecule is Fc1cc2c(oc3c(-c4nc5ccccc5n4-c4ccc5ccccc5c4)[c-]cc(F)c32)c(F)n1.[CH3][Ge]([CH3])([CH3])[c]1ccc(-c2[c-]cccc2)nc1.[Ir]. The van der Waals surface area contributed by atoms with Gasteiger partial charge in [-0.3, -0.25) is 9.37 Å². The van der Waals surface area contributed by atoms with Gasteiger partial charge in [0.1, 0.15) is 0 Å². The number of halogens is 3. The molecule has 9 aromatic rings. The molecule has 0 aliphatic rings. The van der Waals surface area contributed by atoms with Crippen LogP contribution in [0.3, 0.4) is 0 Å². The molecular weight excluding hydrogens is 898 g/mol. The molecule has 0 bridgehead atoms. The van der Waals surface area contributed by atoms with Gasteiger partial charge in [-0.25, -0.2) is 0 Å². The van der Waals surface area contributed by atoms with Crippen molar-refractivity contribution in [1.82, 2.24) is 19.5 Å². The third-order valence-corrected chi connectivity index (χ3v) is 13.1. The molecule has 0 atom stereocenters. The van der Waals surface area contributed by atoms with Gasteiger partial charge in [0.25, 0.3) is 5.95 Å². The van der Waals surface area contributed by atoms with Crippen LogP contribution in [0.2, 0.25) is 17.3 Å². The van der Waals surface area contributed by atoms with Gasteiger partial charge in [-0.05, 0) is 40.4 Å². The van der Waals surface area contributed by atoms with Crippen molar-refractivity contribution in [1.29, 1.82) is 0 Å².